The first kappa shape index (κ1) is 28.8. The van der Waals surface area contributed by atoms with Crippen molar-refractivity contribution in [3.05, 3.63) is 48.0 Å². The van der Waals surface area contributed by atoms with Crippen LogP contribution in [0.25, 0.3) is 0 Å². The number of hydrogen-bond acceptors (Lipinski definition) is 7. The van der Waals surface area contributed by atoms with Crippen LogP contribution in [0.2, 0.25) is 0 Å². The number of urea groups is 1. The molecule has 1 aliphatic carbocycles. The van der Waals surface area contributed by atoms with Crippen molar-refractivity contribution in [2.24, 2.45) is 5.92 Å². The third kappa shape index (κ3) is 8.12. The topological polar surface area (TPSA) is 120 Å². The summed E-state index contributed by atoms with van der Waals surface area (Å²) in [5.41, 5.74) is 2.24. The number of anilines is 1. The Balaban J connectivity index is 1.53. The zero-order valence-corrected chi connectivity index (χ0v) is 23.3. The van der Waals surface area contributed by atoms with E-state index in [9.17, 15) is 14.7 Å². The van der Waals surface area contributed by atoms with Crippen LogP contribution in [-0.4, -0.2) is 81.7 Å². The number of hydrogen-bond donors (Lipinski definition) is 3. The van der Waals surface area contributed by atoms with E-state index in [2.05, 4.69) is 32.4 Å². The molecule has 1 aromatic carbocycles. The summed E-state index contributed by atoms with van der Waals surface area (Å²) in [7, 11) is 2.02. The number of likely N-dealkylation sites (N-methyl/N-ethyl adjacent to an activating group) is 1. The second-order valence-corrected chi connectivity index (χ2v) is 11.0. The third-order valence-corrected chi connectivity index (χ3v) is 7.68. The lowest BCUT2D eigenvalue weighted by molar-refractivity contribution is -0.134. The van der Waals surface area contributed by atoms with Gasteiger partial charge in [-0.05, 0) is 51.1 Å². The molecule has 3 unspecified atom stereocenters. The normalized spacial score (nSPS) is 21.3. The van der Waals surface area contributed by atoms with Gasteiger partial charge in [0.1, 0.15) is 18.2 Å². The average Bonchev–Trinajstić information content (AvgIpc) is 2.97. The van der Waals surface area contributed by atoms with Crippen LogP contribution in [0.1, 0.15) is 57.2 Å². The van der Waals surface area contributed by atoms with Crippen molar-refractivity contribution in [1.29, 1.82) is 0 Å². The highest BCUT2D eigenvalue weighted by Gasteiger charge is 2.31. The van der Waals surface area contributed by atoms with Crippen LogP contribution < -0.4 is 15.4 Å². The van der Waals surface area contributed by atoms with Crippen LogP contribution >= 0.6 is 0 Å². The van der Waals surface area contributed by atoms with Crippen LogP contribution in [-0.2, 0) is 17.8 Å². The zero-order valence-electron chi connectivity index (χ0n) is 23.3. The number of nitrogens with one attached hydrogen (secondary N) is 2. The molecule has 0 spiro atoms. The van der Waals surface area contributed by atoms with Gasteiger partial charge in [-0.2, -0.15) is 0 Å². The predicted octanol–water partition coefficient (Wildman–Crippen LogP) is 3.21. The largest absolute Gasteiger partial charge is 0.488 e. The summed E-state index contributed by atoms with van der Waals surface area (Å²) in [6.07, 6.45) is 8.68. The fraction of sp³-hybridized carbons (Fsp3) is 0.586. The minimum atomic E-state index is -0.316. The van der Waals surface area contributed by atoms with E-state index in [0.29, 0.717) is 36.6 Å². The van der Waals surface area contributed by atoms with Gasteiger partial charge in [0.15, 0.2) is 0 Å². The lowest BCUT2D eigenvalue weighted by atomic mass is 9.96. The Morgan fingerprint density at radius 2 is 2.05 bits per heavy atom. The van der Waals surface area contributed by atoms with E-state index in [1.807, 2.05) is 38.2 Å². The summed E-state index contributed by atoms with van der Waals surface area (Å²) in [6, 6.07) is 7.03. The molecule has 0 saturated heterocycles. The summed E-state index contributed by atoms with van der Waals surface area (Å²) in [5.74, 6) is 0.556. The molecule has 39 heavy (non-hydrogen) atoms. The lowest BCUT2D eigenvalue weighted by Gasteiger charge is -2.34. The van der Waals surface area contributed by atoms with Gasteiger partial charge in [0.05, 0.1) is 24.8 Å². The predicted molar refractivity (Wildman–Crippen MR) is 149 cm³/mol. The van der Waals surface area contributed by atoms with Crippen molar-refractivity contribution in [1.82, 2.24) is 25.1 Å². The number of rotatable bonds is 8. The molecule has 1 saturated carbocycles. The van der Waals surface area contributed by atoms with Crippen molar-refractivity contribution >= 4 is 17.6 Å². The van der Waals surface area contributed by atoms with Gasteiger partial charge in [-0.15, -0.1) is 0 Å². The molecule has 10 heteroatoms. The van der Waals surface area contributed by atoms with E-state index in [1.54, 1.807) is 17.4 Å². The minimum Gasteiger partial charge on any atom is -0.488 e. The first-order valence-corrected chi connectivity index (χ1v) is 14.0. The Bertz CT molecular complexity index is 1090. The number of benzene rings is 1. The molecule has 212 valence electrons. The molecule has 2 aliphatic rings. The fourth-order valence-electron chi connectivity index (χ4n) is 5.38. The van der Waals surface area contributed by atoms with Gasteiger partial charge < -0.3 is 25.4 Å². The van der Waals surface area contributed by atoms with Crippen molar-refractivity contribution in [2.45, 2.75) is 77.1 Å². The van der Waals surface area contributed by atoms with E-state index >= 15 is 0 Å². The van der Waals surface area contributed by atoms with Crippen LogP contribution in [0.15, 0.2) is 36.8 Å². The highest BCUT2D eigenvalue weighted by Crippen LogP contribution is 2.29. The van der Waals surface area contributed by atoms with E-state index in [0.717, 1.165) is 31.4 Å². The SMILES string of the molecule is CC1CN(C(C)CO)C(=O)Cc2cc(NC(=O)NC3CCCCC3)ccc2OC1CN(C)Cc1ccncn1. The van der Waals surface area contributed by atoms with Crippen molar-refractivity contribution < 1.29 is 19.4 Å². The number of amides is 3. The number of ether oxygens (including phenoxy) is 1. The van der Waals surface area contributed by atoms with Crippen LogP contribution in [0.3, 0.4) is 0 Å². The van der Waals surface area contributed by atoms with E-state index < -0.39 is 0 Å². The second-order valence-electron chi connectivity index (χ2n) is 11.0. The summed E-state index contributed by atoms with van der Waals surface area (Å²) >= 11 is 0. The summed E-state index contributed by atoms with van der Waals surface area (Å²) in [6.45, 7) is 5.53. The molecule has 1 aliphatic heterocycles. The summed E-state index contributed by atoms with van der Waals surface area (Å²) in [4.78, 5) is 38.3. The molecule has 3 atom stereocenters. The number of aliphatic hydroxyl groups is 1. The zero-order chi connectivity index (χ0) is 27.8. The fourth-order valence-corrected chi connectivity index (χ4v) is 5.38. The monoisotopic (exact) mass is 538 g/mol. The Morgan fingerprint density at radius 3 is 2.77 bits per heavy atom. The number of aromatic nitrogens is 2. The Hall–Kier alpha value is -3.24. The molecular formula is C29H42N6O4. The average molecular weight is 539 g/mol. The molecule has 3 N–H and O–H groups in total. The third-order valence-electron chi connectivity index (χ3n) is 7.68. The molecule has 10 nitrogen and oxygen atoms in total. The summed E-state index contributed by atoms with van der Waals surface area (Å²) < 4.78 is 6.58. The lowest BCUT2D eigenvalue weighted by Crippen LogP contribution is -2.47. The van der Waals surface area contributed by atoms with Crippen molar-refractivity contribution in [3.63, 3.8) is 0 Å². The van der Waals surface area contributed by atoms with Crippen molar-refractivity contribution in [3.8, 4) is 5.75 Å². The van der Waals surface area contributed by atoms with Gasteiger partial charge in [-0.3, -0.25) is 9.69 Å². The molecule has 0 bridgehead atoms. The molecule has 2 aromatic rings. The van der Waals surface area contributed by atoms with Gasteiger partial charge in [0.2, 0.25) is 5.91 Å². The number of aliphatic hydroxyl groups excluding tert-OH is 1. The highest BCUT2D eigenvalue weighted by atomic mass is 16.5. The van der Waals surface area contributed by atoms with Gasteiger partial charge >= 0.3 is 6.03 Å². The van der Waals surface area contributed by atoms with Crippen LogP contribution in [0, 0.1) is 5.92 Å². The first-order valence-electron chi connectivity index (χ1n) is 14.0. The maximum atomic E-state index is 13.4. The number of fused-ring (bicyclic) bond motifs is 1. The standard InChI is InChI=1S/C29H42N6O4/c1-20-15-35(21(2)18-36)28(37)14-22-13-24(33-29(38)32-23-7-5-4-6-8-23)9-10-26(22)39-27(20)17-34(3)16-25-11-12-30-19-31-25/h9-13,19-21,23,27,36H,4-8,14-18H2,1-3H3,(H2,32,33,38). The van der Waals surface area contributed by atoms with E-state index in [4.69, 9.17) is 4.74 Å². The second kappa shape index (κ2) is 13.7. The quantitative estimate of drug-likeness (QED) is 0.472. The van der Waals surface area contributed by atoms with Crippen LogP contribution in [0.5, 0.6) is 5.75 Å². The summed E-state index contributed by atoms with van der Waals surface area (Å²) in [5, 5.41) is 15.9. The van der Waals surface area contributed by atoms with Crippen LogP contribution in [0.4, 0.5) is 10.5 Å². The molecule has 3 amide bonds. The number of carbonyl (C=O) groups excluding carboxylic acids is 2. The molecular weight excluding hydrogens is 496 g/mol. The first-order chi connectivity index (χ1) is 18.8. The maximum Gasteiger partial charge on any atom is 0.319 e. The molecule has 4 rings (SSSR count). The van der Waals surface area contributed by atoms with E-state index in [-0.39, 0.29) is 49.1 Å². The smallest absolute Gasteiger partial charge is 0.319 e. The maximum absolute atomic E-state index is 13.4. The van der Waals surface area contributed by atoms with Gasteiger partial charge in [-0.25, -0.2) is 14.8 Å². The van der Waals surface area contributed by atoms with Gasteiger partial charge in [-0.1, -0.05) is 26.2 Å². The molecule has 0 radical (unpaired) electrons. The Morgan fingerprint density at radius 1 is 1.26 bits per heavy atom. The minimum absolute atomic E-state index is 0.000761. The van der Waals surface area contributed by atoms with Gasteiger partial charge in [0, 0.05) is 49.0 Å². The number of nitrogens with zero attached hydrogens (tertiary/aromatic N) is 4. The highest BCUT2D eigenvalue weighted by molar-refractivity contribution is 5.90. The van der Waals surface area contributed by atoms with E-state index in [1.165, 1.54) is 6.42 Å². The molecule has 1 aromatic heterocycles. The molecule has 2 heterocycles. The Kier molecular flexibility index (Phi) is 10.1. The van der Waals surface area contributed by atoms with Crippen molar-refractivity contribution in [2.75, 3.05) is 32.1 Å². The number of carbonyl (C=O) groups is 2. The van der Waals surface area contributed by atoms with Gasteiger partial charge in [0.25, 0.3) is 0 Å². The molecule has 1 fully saturated rings. The Labute approximate surface area is 231 Å².